The molecule has 0 spiro atoms. The van der Waals surface area contributed by atoms with E-state index in [2.05, 4.69) is 54.4 Å². The first-order valence-corrected chi connectivity index (χ1v) is 15.0. The Hall–Kier alpha value is -2.29. The van der Waals surface area contributed by atoms with E-state index < -0.39 is 17.4 Å². The Morgan fingerprint density at radius 3 is 2.18 bits per heavy atom. The first-order valence-electron chi connectivity index (χ1n) is 12.8. The lowest BCUT2D eigenvalue weighted by atomic mass is 9.80. The Morgan fingerprint density at radius 1 is 1.11 bits per heavy atom. The Kier molecular flexibility index (Phi) is 17.7. The largest absolute Gasteiger partial charge is 0.408 e. The van der Waals surface area contributed by atoms with Crippen molar-refractivity contribution in [1.82, 2.24) is 25.7 Å². The number of carbonyl (C=O) groups excluding carboxylic acids is 3. The molecule has 1 saturated carbocycles. The first-order chi connectivity index (χ1) is 18.0. The van der Waals surface area contributed by atoms with Crippen LogP contribution >= 0.6 is 23.5 Å². The fourth-order valence-electron chi connectivity index (χ4n) is 3.45. The number of hydrogen-bond donors (Lipinski definition) is 2. The van der Waals surface area contributed by atoms with Gasteiger partial charge in [-0.1, -0.05) is 57.9 Å². The van der Waals surface area contributed by atoms with Gasteiger partial charge in [-0.3, -0.25) is 14.4 Å². The number of hydrogen-bond acceptors (Lipinski definition) is 9. The molecule has 11 heteroatoms. The summed E-state index contributed by atoms with van der Waals surface area (Å²) in [6.07, 6.45) is 15.3. The summed E-state index contributed by atoms with van der Waals surface area (Å²) in [5.74, 6) is 0.364. The van der Waals surface area contributed by atoms with Gasteiger partial charge in [0.15, 0.2) is 0 Å². The summed E-state index contributed by atoms with van der Waals surface area (Å²) in [5, 5.41) is 13.8. The Morgan fingerprint density at radius 2 is 1.68 bits per heavy atom. The van der Waals surface area contributed by atoms with Gasteiger partial charge in [0.1, 0.15) is 5.54 Å². The highest BCUT2D eigenvalue weighted by molar-refractivity contribution is 8.03. The van der Waals surface area contributed by atoms with Crippen LogP contribution < -0.4 is 10.6 Å². The van der Waals surface area contributed by atoms with Crippen LogP contribution in [0.2, 0.25) is 0 Å². The van der Waals surface area contributed by atoms with Gasteiger partial charge in [0, 0.05) is 12.3 Å². The second-order valence-corrected chi connectivity index (χ2v) is 11.7. The lowest BCUT2D eigenvalue weighted by molar-refractivity contribution is -0.133. The molecule has 1 fully saturated rings. The van der Waals surface area contributed by atoms with Crippen molar-refractivity contribution in [2.24, 2.45) is 5.92 Å². The predicted molar refractivity (Wildman–Crippen MR) is 157 cm³/mol. The minimum atomic E-state index is -1.03. The molecule has 38 heavy (non-hydrogen) atoms. The fourth-order valence-corrected chi connectivity index (χ4v) is 4.79. The second kappa shape index (κ2) is 18.9. The van der Waals surface area contributed by atoms with Crippen molar-refractivity contribution in [3.8, 4) is 12.8 Å². The normalized spacial score (nSPS) is 15.4. The summed E-state index contributed by atoms with van der Waals surface area (Å²) in [6, 6.07) is -0.861. The fraction of sp³-hybridized carbons (Fsp3) is 0.667. The molecule has 1 aromatic heterocycles. The maximum Gasteiger partial charge on any atom is 0.286 e. The van der Waals surface area contributed by atoms with Gasteiger partial charge >= 0.3 is 0 Å². The number of amides is 2. The molecule has 1 aromatic rings. The van der Waals surface area contributed by atoms with Crippen molar-refractivity contribution in [2.45, 2.75) is 83.5 Å². The number of nitrogens with zero attached hydrogens (tertiary/aromatic N) is 3. The SMILES string of the molecule is C#C.C/C=C(\SC)C(=O)NC1(C(=O)NC(C)C(=O)c2nnc(SCCN(C)C)o2)CCCCC1.CC(C)C. The molecule has 0 aromatic carbocycles. The summed E-state index contributed by atoms with van der Waals surface area (Å²) in [7, 11) is 3.94. The molecule has 2 N–H and O–H groups in total. The van der Waals surface area contributed by atoms with Gasteiger partial charge in [-0.2, -0.15) is 0 Å². The number of aromatic nitrogens is 2. The molecule has 1 unspecified atom stereocenters. The first kappa shape index (κ1) is 35.7. The number of Topliss-reactive ketones (excluding diaryl/α,β-unsaturated/α-hetero) is 1. The number of rotatable bonds is 11. The molecule has 0 aliphatic heterocycles. The van der Waals surface area contributed by atoms with E-state index in [1.807, 2.05) is 25.3 Å². The van der Waals surface area contributed by atoms with Crippen LogP contribution in [0.3, 0.4) is 0 Å². The summed E-state index contributed by atoms with van der Waals surface area (Å²) < 4.78 is 5.47. The van der Waals surface area contributed by atoms with Crippen LogP contribution in [0.25, 0.3) is 0 Å². The van der Waals surface area contributed by atoms with Gasteiger partial charge in [0.05, 0.1) is 10.9 Å². The van der Waals surface area contributed by atoms with Gasteiger partial charge in [-0.25, -0.2) is 0 Å². The van der Waals surface area contributed by atoms with Crippen molar-refractivity contribution in [3.05, 3.63) is 16.9 Å². The number of thioether (sulfide) groups is 2. The molecule has 2 rings (SSSR count). The zero-order valence-electron chi connectivity index (χ0n) is 24.1. The van der Waals surface area contributed by atoms with Crippen LogP contribution in [0.1, 0.15) is 77.4 Å². The Bertz CT molecular complexity index is 919. The van der Waals surface area contributed by atoms with Gasteiger partial charge in [-0.05, 0) is 53.0 Å². The van der Waals surface area contributed by atoms with E-state index in [0.717, 1.165) is 37.5 Å². The Labute approximate surface area is 237 Å². The molecule has 0 radical (unpaired) electrons. The van der Waals surface area contributed by atoms with Crippen LogP contribution in [0.5, 0.6) is 0 Å². The molecular weight excluding hydrogens is 522 g/mol. The highest BCUT2D eigenvalue weighted by Gasteiger charge is 2.42. The van der Waals surface area contributed by atoms with E-state index in [4.69, 9.17) is 4.42 Å². The highest BCUT2D eigenvalue weighted by atomic mass is 32.2. The third-order valence-corrected chi connectivity index (χ3v) is 6.98. The summed E-state index contributed by atoms with van der Waals surface area (Å²) in [5.41, 5.74) is -1.03. The van der Waals surface area contributed by atoms with Crippen molar-refractivity contribution >= 4 is 41.1 Å². The highest BCUT2D eigenvalue weighted by Crippen LogP contribution is 2.30. The van der Waals surface area contributed by atoms with Crippen LogP contribution in [0, 0.1) is 18.8 Å². The number of nitrogens with one attached hydrogen (secondary N) is 2. The van der Waals surface area contributed by atoms with Crippen molar-refractivity contribution in [3.63, 3.8) is 0 Å². The van der Waals surface area contributed by atoms with Gasteiger partial charge in [0.25, 0.3) is 17.0 Å². The third kappa shape index (κ3) is 12.5. The summed E-state index contributed by atoms with van der Waals surface area (Å²) >= 11 is 2.71. The molecule has 1 aliphatic carbocycles. The van der Waals surface area contributed by atoms with Gasteiger partial charge in [0.2, 0.25) is 11.7 Å². The topological polar surface area (TPSA) is 117 Å². The molecule has 1 atom stereocenters. The molecule has 0 saturated heterocycles. The standard InChI is InChI=1S/C21H33N5O4S2.C4H10.C2H2/c1-6-15(31-5)17(28)23-21(10-8-7-9-11-21)19(29)22-14(2)16(27)18-24-25-20(30-18)32-13-12-26(3)4;1-4(2)3;1-2/h6,14H,7-13H2,1-5H3,(H,22,29)(H,23,28);4H,1-3H3;1-2H/b15-6-;;. The van der Waals surface area contributed by atoms with Gasteiger partial charge < -0.3 is 20.0 Å². The van der Waals surface area contributed by atoms with E-state index in [1.165, 1.54) is 23.5 Å². The molecule has 2 amide bonds. The van der Waals surface area contributed by atoms with Crippen LogP contribution in [0.15, 0.2) is 20.6 Å². The maximum absolute atomic E-state index is 13.2. The molecular formula is C27H45N5O4S2. The van der Waals surface area contributed by atoms with Crippen molar-refractivity contribution in [2.75, 3.05) is 32.6 Å². The van der Waals surface area contributed by atoms with Crippen LogP contribution in [-0.2, 0) is 9.59 Å². The zero-order chi connectivity index (χ0) is 29.3. The summed E-state index contributed by atoms with van der Waals surface area (Å²) in [6.45, 7) is 10.7. The monoisotopic (exact) mass is 567 g/mol. The van der Waals surface area contributed by atoms with Crippen LogP contribution in [-0.4, -0.2) is 76.9 Å². The maximum atomic E-state index is 13.2. The molecule has 0 bridgehead atoms. The van der Waals surface area contributed by atoms with Crippen molar-refractivity contribution in [1.29, 1.82) is 0 Å². The minimum Gasteiger partial charge on any atom is -0.408 e. The van der Waals surface area contributed by atoms with E-state index in [-0.39, 0.29) is 17.7 Å². The van der Waals surface area contributed by atoms with E-state index in [9.17, 15) is 14.4 Å². The van der Waals surface area contributed by atoms with E-state index >= 15 is 0 Å². The lowest BCUT2D eigenvalue weighted by Crippen LogP contribution is -2.61. The van der Waals surface area contributed by atoms with E-state index in [0.29, 0.717) is 23.0 Å². The quantitative estimate of drug-likeness (QED) is 0.174. The molecule has 1 aliphatic rings. The lowest BCUT2D eigenvalue weighted by Gasteiger charge is -2.37. The summed E-state index contributed by atoms with van der Waals surface area (Å²) in [4.78, 5) is 41.2. The molecule has 214 valence electrons. The molecule has 1 heterocycles. The third-order valence-electron chi connectivity index (χ3n) is 5.32. The number of terminal acetylenes is 1. The number of ketones is 1. The average molecular weight is 568 g/mol. The van der Waals surface area contributed by atoms with Gasteiger partial charge in [-0.15, -0.1) is 34.8 Å². The average Bonchev–Trinajstić information content (AvgIpc) is 3.34. The predicted octanol–water partition coefficient (Wildman–Crippen LogP) is 4.41. The van der Waals surface area contributed by atoms with E-state index in [1.54, 1.807) is 19.9 Å². The second-order valence-electron chi connectivity index (χ2n) is 9.77. The minimum absolute atomic E-state index is 0.134. The smallest absolute Gasteiger partial charge is 0.286 e. The number of allylic oxidation sites excluding steroid dienone is 1. The number of carbonyl (C=O) groups is 3. The van der Waals surface area contributed by atoms with Crippen LogP contribution in [0.4, 0.5) is 0 Å². The molecule has 9 nitrogen and oxygen atoms in total. The zero-order valence-corrected chi connectivity index (χ0v) is 25.8. The van der Waals surface area contributed by atoms with Crippen molar-refractivity contribution < 1.29 is 18.8 Å². The Balaban J connectivity index is 0.00000208.